The number of halogens is 4. The molecule has 4 rings (SSSR count). The molecule has 0 aromatic heterocycles. The van der Waals surface area contributed by atoms with Crippen LogP contribution in [0.5, 0.6) is 5.75 Å². The van der Waals surface area contributed by atoms with Gasteiger partial charge in [-0.2, -0.15) is 0 Å². The molecule has 1 fully saturated rings. The average Bonchev–Trinajstić information content (AvgIpc) is 3.28. The summed E-state index contributed by atoms with van der Waals surface area (Å²) in [4.78, 5) is 31.1. The summed E-state index contributed by atoms with van der Waals surface area (Å²) in [5.74, 6) is -0.0573. The van der Waals surface area contributed by atoms with Gasteiger partial charge in [-0.05, 0) is 72.1 Å². The van der Waals surface area contributed by atoms with Gasteiger partial charge in [-0.25, -0.2) is 10.0 Å². The monoisotopic (exact) mass is 719 g/mol. The summed E-state index contributed by atoms with van der Waals surface area (Å²) >= 11 is 25.2. The summed E-state index contributed by atoms with van der Waals surface area (Å²) in [5, 5.41) is 4.95. The molecule has 47 heavy (non-hydrogen) atoms. The van der Waals surface area contributed by atoms with E-state index in [0.29, 0.717) is 22.9 Å². The van der Waals surface area contributed by atoms with Gasteiger partial charge in [-0.1, -0.05) is 107 Å². The predicted molar refractivity (Wildman–Crippen MR) is 195 cm³/mol. The van der Waals surface area contributed by atoms with Crippen molar-refractivity contribution in [1.82, 2.24) is 5.43 Å². The van der Waals surface area contributed by atoms with Crippen LogP contribution in [-0.4, -0.2) is 29.8 Å². The zero-order chi connectivity index (χ0) is 34.8. The van der Waals surface area contributed by atoms with E-state index in [1.807, 2.05) is 13.0 Å². The van der Waals surface area contributed by atoms with Gasteiger partial charge in [-0.15, -0.1) is 0 Å². The molecule has 12 heteroatoms. The number of amidine groups is 1. The number of ether oxygens (including phenoxy) is 1. The van der Waals surface area contributed by atoms with E-state index < -0.39 is 18.1 Å². The lowest BCUT2D eigenvalue weighted by Gasteiger charge is -2.31. The first-order chi connectivity index (χ1) is 22.0. The number of carbonyl (C=O) groups is 2. The van der Waals surface area contributed by atoms with Crippen LogP contribution >= 0.6 is 46.4 Å². The Kier molecular flexibility index (Phi) is 11.5. The highest BCUT2D eigenvalue weighted by molar-refractivity contribution is 6.43. The number of hydrogen-bond acceptors (Lipinski definition) is 5. The molecule has 1 saturated heterocycles. The summed E-state index contributed by atoms with van der Waals surface area (Å²) in [5.41, 5.74) is 12.1. The zero-order valence-corrected chi connectivity index (χ0v) is 30.6. The Balaban J connectivity index is 1.58. The Hall–Kier alpha value is -3.01. The maximum atomic E-state index is 13.6. The van der Waals surface area contributed by atoms with Crippen LogP contribution < -0.4 is 26.2 Å². The molecule has 2 amide bonds. The van der Waals surface area contributed by atoms with E-state index in [1.165, 1.54) is 17.7 Å². The van der Waals surface area contributed by atoms with Gasteiger partial charge < -0.3 is 15.8 Å². The maximum Gasteiger partial charge on any atom is 0.270 e. The second-order valence-electron chi connectivity index (χ2n) is 12.8. The molecule has 2 unspecified atom stereocenters. The van der Waals surface area contributed by atoms with E-state index in [-0.39, 0.29) is 49.0 Å². The van der Waals surface area contributed by atoms with Crippen molar-refractivity contribution in [1.29, 1.82) is 0 Å². The molecule has 0 radical (unpaired) electrons. The highest BCUT2D eigenvalue weighted by Crippen LogP contribution is 2.40. The van der Waals surface area contributed by atoms with Crippen molar-refractivity contribution in [2.24, 2.45) is 10.7 Å². The summed E-state index contributed by atoms with van der Waals surface area (Å²) in [6.07, 6.45) is 1.58. The van der Waals surface area contributed by atoms with Crippen LogP contribution in [0.25, 0.3) is 0 Å². The Morgan fingerprint density at radius 2 is 1.60 bits per heavy atom. The number of nitrogens with zero attached hydrogens (tertiary/aromatic N) is 2. The van der Waals surface area contributed by atoms with E-state index in [1.54, 1.807) is 18.2 Å². The lowest BCUT2D eigenvalue weighted by Crippen LogP contribution is -2.37. The molecule has 1 heterocycles. The van der Waals surface area contributed by atoms with Gasteiger partial charge in [0.25, 0.3) is 11.8 Å². The number of amides is 2. The van der Waals surface area contributed by atoms with Gasteiger partial charge in [0.05, 0.1) is 20.8 Å². The molecule has 3 aromatic carbocycles. The molecular weight excluding hydrogens is 680 g/mol. The highest BCUT2D eigenvalue weighted by atomic mass is 35.5. The van der Waals surface area contributed by atoms with Crippen molar-refractivity contribution < 1.29 is 14.3 Å². The molecule has 1 aliphatic rings. The molecule has 1 aliphatic heterocycles. The van der Waals surface area contributed by atoms with Crippen molar-refractivity contribution in [2.75, 3.05) is 10.3 Å². The number of carbonyl (C=O) groups excluding carboxylic acids is 2. The number of aliphatic imine (C=N–C) groups is 1. The maximum absolute atomic E-state index is 13.6. The summed E-state index contributed by atoms with van der Waals surface area (Å²) in [6, 6.07) is 12.9. The van der Waals surface area contributed by atoms with E-state index in [9.17, 15) is 9.59 Å². The summed E-state index contributed by atoms with van der Waals surface area (Å²) < 4.78 is 6.42. The molecule has 8 nitrogen and oxygen atoms in total. The summed E-state index contributed by atoms with van der Waals surface area (Å²) in [6.45, 7) is 15.1. The van der Waals surface area contributed by atoms with Crippen molar-refractivity contribution in [3.05, 3.63) is 79.7 Å². The van der Waals surface area contributed by atoms with Crippen molar-refractivity contribution in [3.63, 3.8) is 0 Å². The van der Waals surface area contributed by atoms with Gasteiger partial charge in [0, 0.05) is 16.3 Å². The minimum absolute atomic E-state index is 0.00766. The van der Waals surface area contributed by atoms with E-state index in [0.717, 1.165) is 23.4 Å². The molecule has 0 saturated carbocycles. The van der Waals surface area contributed by atoms with Crippen LogP contribution in [-0.2, 0) is 20.4 Å². The van der Waals surface area contributed by atoms with Crippen molar-refractivity contribution in [3.8, 4) is 5.75 Å². The smallest absolute Gasteiger partial charge is 0.270 e. The SMILES string of the molecule is CCC(Oc1ccc(C(C)(C)CC)cc1C(C)(C)CC)C(=O)Nc1ccc(Cl)c(N=C2NN(c3c(Cl)cc(Cl)cc3Cl)C(=O)C2N)c1. The van der Waals surface area contributed by atoms with E-state index in [2.05, 4.69) is 69.4 Å². The standard InChI is InChI=1S/C35H41Cl4N5O3/c1-8-27(47-28-14-11-19(34(4,5)9-2)15-22(28)35(6,7)10-3)32(45)41-21-12-13-23(37)26(18-21)42-31-29(40)33(46)44(43-31)30-24(38)16-20(36)17-25(30)39/h11-18,27,29H,8-10,40H2,1-7H3,(H,41,45)(H,42,43). The molecule has 3 aromatic rings. The molecule has 0 bridgehead atoms. The van der Waals surface area contributed by atoms with Gasteiger partial charge in [0.15, 0.2) is 6.10 Å². The largest absolute Gasteiger partial charge is 0.480 e. The van der Waals surface area contributed by atoms with E-state index >= 15 is 0 Å². The quantitative estimate of drug-likeness (QED) is 0.183. The van der Waals surface area contributed by atoms with Crippen LogP contribution in [0.2, 0.25) is 20.1 Å². The molecule has 2 atom stereocenters. The second-order valence-corrected chi connectivity index (χ2v) is 14.5. The number of nitrogens with two attached hydrogens (primary N) is 1. The molecule has 252 valence electrons. The normalized spacial score (nSPS) is 16.8. The molecular formula is C35H41Cl4N5O3. The topological polar surface area (TPSA) is 109 Å². The third-order valence-electron chi connectivity index (χ3n) is 8.86. The fraction of sp³-hybridized carbons (Fsp3) is 0.400. The Morgan fingerprint density at radius 3 is 2.19 bits per heavy atom. The molecule has 4 N–H and O–H groups in total. The molecule has 0 spiro atoms. The number of anilines is 2. The Labute approximate surface area is 296 Å². The first-order valence-corrected chi connectivity index (χ1v) is 17.1. The first kappa shape index (κ1) is 36.8. The van der Waals surface area contributed by atoms with E-state index in [4.69, 9.17) is 56.9 Å². The third-order valence-corrected chi connectivity index (χ3v) is 9.97. The van der Waals surface area contributed by atoms with Gasteiger partial charge in [-0.3, -0.25) is 15.0 Å². The fourth-order valence-corrected chi connectivity index (χ4v) is 6.13. The van der Waals surface area contributed by atoms with Crippen LogP contribution in [0.15, 0.2) is 53.5 Å². The van der Waals surface area contributed by atoms with Gasteiger partial charge in [0.2, 0.25) is 0 Å². The van der Waals surface area contributed by atoms with Crippen LogP contribution in [0.1, 0.15) is 78.9 Å². The van der Waals surface area contributed by atoms with Gasteiger partial charge >= 0.3 is 0 Å². The minimum atomic E-state index is -1.15. The molecule has 0 aliphatic carbocycles. The van der Waals surface area contributed by atoms with Gasteiger partial charge in [0.1, 0.15) is 23.3 Å². The minimum Gasteiger partial charge on any atom is -0.480 e. The first-order valence-electron chi connectivity index (χ1n) is 15.5. The highest BCUT2D eigenvalue weighted by Gasteiger charge is 2.38. The Morgan fingerprint density at radius 1 is 0.957 bits per heavy atom. The van der Waals surface area contributed by atoms with Crippen molar-refractivity contribution >= 4 is 81.1 Å². The Bertz CT molecular complexity index is 1690. The lowest BCUT2D eigenvalue weighted by molar-refractivity contribution is -0.123. The number of hydrazine groups is 1. The van der Waals surface area contributed by atoms with Crippen LogP contribution in [0.4, 0.5) is 17.1 Å². The number of benzene rings is 3. The third kappa shape index (κ3) is 8.01. The number of rotatable bonds is 11. The second kappa shape index (κ2) is 14.6. The number of hydrogen-bond donors (Lipinski definition) is 3. The predicted octanol–water partition coefficient (Wildman–Crippen LogP) is 9.38. The fourth-order valence-electron chi connectivity index (χ4n) is 4.99. The number of nitrogens with one attached hydrogen (secondary N) is 2. The van der Waals surface area contributed by atoms with Crippen LogP contribution in [0, 0.1) is 0 Å². The lowest BCUT2D eigenvalue weighted by atomic mass is 9.76. The average molecular weight is 722 g/mol. The van der Waals surface area contributed by atoms with Crippen LogP contribution in [0.3, 0.4) is 0 Å². The van der Waals surface area contributed by atoms with Crippen molar-refractivity contribution in [2.45, 2.75) is 90.7 Å². The zero-order valence-electron chi connectivity index (χ0n) is 27.6. The summed E-state index contributed by atoms with van der Waals surface area (Å²) in [7, 11) is 0.